The standard InChI is InChI=1S/C14H26N2O4/c1-14(2,3)13(19)15-10-12(18)16-6-4-11(5-7-16)20-9-8-17/h11,17H,4-10H2,1-3H3,(H,15,19). The molecule has 0 aromatic carbocycles. The van der Waals surface area contributed by atoms with Gasteiger partial charge in [0.05, 0.1) is 25.9 Å². The first-order chi connectivity index (χ1) is 9.34. The fourth-order valence-electron chi connectivity index (χ4n) is 2.02. The summed E-state index contributed by atoms with van der Waals surface area (Å²) in [6, 6.07) is 0. The molecule has 0 atom stereocenters. The van der Waals surface area contributed by atoms with Crippen molar-refractivity contribution < 1.29 is 19.4 Å². The van der Waals surface area contributed by atoms with E-state index in [0.717, 1.165) is 12.8 Å². The zero-order valence-corrected chi connectivity index (χ0v) is 12.6. The third-order valence-corrected chi connectivity index (χ3v) is 3.32. The smallest absolute Gasteiger partial charge is 0.241 e. The molecule has 0 unspecified atom stereocenters. The van der Waals surface area contributed by atoms with Gasteiger partial charge in [-0.2, -0.15) is 0 Å². The van der Waals surface area contributed by atoms with Crippen molar-refractivity contribution in [1.82, 2.24) is 10.2 Å². The number of likely N-dealkylation sites (tertiary alicyclic amines) is 1. The first-order valence-corrected chi connectivity index (χ1v) is 7.13. The topological polar surface area (TPSA) is 78.9 Å². The zero-order chi connectivity index (χ0) is 15.2. The average Bonchev–Trinajstić information content (AvgIpc) is 2.41. The van der Waals surface area contributed by atoms with Crippen molar-refractivity contribution >= 4 is 11.8 Å². The predicted octanol–water partition coefficient (Wildman–Crippen LogP) is 0.149. The van der Waals surface area contributed by atoms with Gasteiger partial charge in [0, 0.05) is 18.5 Å². The van der Waals surface area contributed by atoms with Crippen molar-refractivity contribution in [3.05, 3.63) is 0 Å². The minimum atomic E-state index is -0.481. The van der Waals surface area contributed by atoms with E-state index in [1.165, 1.54) is 0 Å². The van der Waals surface area contributed by atoms with E-state index in [9.17, 15) is 9.59 Å². The van der Waals surface area contributed by atoms with Crippen molar-refractivity contribution in [3.63, 3.8) is 0 Å². The number of ether oxygens (including phenoxy) is 1. The zero-order valence-electron chi connectivity index (χ0n) is 12.6. The minimum Gasteiger partial charge on any atom is -0.394 e. The second kappa shape index (κ2) is 7.59. The van der Waals surface area contributed by atoms with E-state index < -0.39 is 5.41 Å². The maximum Gasteiger partial charge on any atom is 0.241 e. The maximum atomic E-state index is 12.0. The van der Waals surface area contributed by atoms with Crippen LogP contribution in [-0.4, -0.2) is 60.8 Å². The number of aliphatic hydroxyl groups excluding tert-OH is 1. The summed E-state index contributed by atoms with van der Waals surface area (Å²) in [5.41, 5.74) is -0.481. The molecule has 116 valence electrons. The summed E-state index contributed by atoms with van der Waals surface area (Å²) in [4.78, 5) is 25.4. The predicted molar refractivity (Wildman–Crippen MR) is 75.1 cm³/mol. The van der Waals surface area contributed by atoms with Crippen LogP contribution in [0.1, 0.15) is 33.6 Å². The molecule has 2 amide bonds. The molecule has 1 rings (SSSR count). The molecule has 0 saturated carbocycles. The van der Waals surface area contributed by atoms with E-state index >= 15 is 0 Å². The van der Waals surface area contributed by atoms with E-state index in [4.69, 9.17) is 9.84 Å². The summed E-state index contributed by atoms with van der Waals surface area (Å²) >= 11 is 0. The molecule has 6 nitrogen and oxygen atoms in total. The molecule has 1 heterocycles. The Morgan fingerprint density at radius 2 is 1.90 bits per heavy atom. The van der Waals surface area contributed by atoms with Gasteiger partial charge in [-0.1, -0.05) is 20.8 Å². The van der Waals surface area contributed by atoms with Gasteiger partial charge in [-0.05, 0) is 12.8 Å². The first-order valence-electron chi connectivity index (χ1n) is 7.13. The third-order valence-electron chi connectivity index (χ3n) is 3.32. The summed E-state index contributed by atoms with van der Waals surface area (Å²) < 4.78 is 5.45. The SMILES string of the molecule is CC(C)(C)C(=O)NCC(=O)N1CCC(OCCO)CC1. The van der Waals surface area contributed by atoms with Crippen LogP contribution in [0.15, 0.2) is 0 Å². The van der Waals surface area contributed by atoms with Crippen LogP contribution >= 0.6 is 0 Å². The Labute approximate surface area is 120 Å². The van der Waals surface area contributed by atoms with Crippen molar-refractivity contribution in [3.8, 4) is 0 Å². The van der Waals surface area contributed by atoms with Gasteiger partial charge in [-0.3, -0.25) is 9.59 Å². The van der Waals surface area contributed by atoms with E-state index in [1.54, 1.807) is 4.90 Å². The van der Waals surface area contributed by atoms with E-state index in [-0.39, 0.29) is 31.1 Å². The summed E-state index contributed by atoms with van der Waals surface area (Å²) in [5.74, 6) is -0.171. The molecule has 1 fully saturated rings. The molecular formula is C14H26N2O4. The van der Waals surface area contributed by atoms with Crippen molar-refractivity contribution in [2.45, 2.75) is 39.7 Å². The summed E-state index contributed by atoms with van der Waals surface area (Å²) in [6.45, 7) is 7.15. The Hall–Kier alpha value is -1.14. The normalized spacial score (nSPS) is 17.1. The van der Waals surface area contributed by atoms with Gasteiger partial charge < -0.3 is 20.1 Å². The van der Waals surface area contributed by atoms with Crippen molar-refractivity contribution in [1.29, 1.82) is 0 Å². The maximum absolute atomic E-state index is 12.0. The van der Waals surface area contributed by atoms with Crippen LogP contribution in [0.3, 0.4) is 0 Å². The number of aliphatic hydroxyl groups is 1. The van der Waals surface area contributed by atoms with Gasteiger partial charge in [-0.25, -0.2) is 0 Å². The van der Waals surface area contributed by atoms with Gasteiger partial charge in [-0.15, -0.1) is 0 Å². The summed E-state index contributed by atoms with van der Waals surface area (Å²) in [6.07, 6.45) is 1.67. The molecule has 0 aromatic heterocycles. The van der Waals surface area contributed by atoms with Gasteiger partial charge in [0.2, 0.25) is 11.8 Å². The number of rotatable bonds is 5. The van der Waals surface area contributed by atoms with Gasteiger partial charge >= 0.3 is 0 Å². The van der Waals surface area contributed by atoms with Gasteiger partial charge in [0.1, 0.15) is 0 Å². The molecular weight excluding hydrogens is 260 g/mol. The Morgan fingerprint density at radius 3 is 2.40 bits per heavy atom. The number of carbonyl (C=O) groups is 2. The van der Waals surface area contributed by atoms with Crippen LogP contribution < -0.4 is 5.32 Å². The lowest BCUT2D eigenvalue weighted by atomic mass is 9.96. The molecule has 20 heavy (non-hydrogen) atoms. The van der Waals surface area contributed by atoms with Crippen LogP contribution in [0.2, 0.25) is 0 Å². The molecule has 0 spiro atoms. The Bertz CT molecular complexity index is 331. The minimum absolute atomic E-state index is 0.0258. The van der Waals surface area contributed by atoms with Crippen molar-refractivity contribution in [2.75, 3.05) is 32.8 Å². The van der Waals surface area contributed by atoms with Gasteiger partial charge in [0.15, 0.2) is 0 Å². The van der Waals surface area contributed by atoms with E-state index in [2.05, 4.69) is 5.32 Å². The number of piperidine rings is 1. The second-order valence-corrected chi connectivity index (χ2v) is 6.11. The molecule has 2 N–H and O–H groups in total. The van der Waals surface area contributed by atoms with Gasteiger partial charge in [0.25, 0.3) is 0 Å². The summed E-state index contributed by atoms with van der Waals surface area (Å²) in [7, 11) is 0. The fourth-order valence-corrected chi connectivity index (χ4v) is 2.02. The molecule has 0 aliphatic carbocycles. The highest BCUT2D eigenvalue weighted by Crippen LogP contribution is 2.14. The van der Waals surface area contributed by atoms with Crippen LogP contribution in [-0.2, 0) is 14.3 Å². The number of amides is 2. The van der Waals surface area contributed by atoms with Crippen molar-refractivity contribution in [2.24, 2.45) is 5.41 Å². The molecule has 0 bridgehead atoms. The number of hydrogen-bond donors (Lipinski definition) is 2. The first kappa shape index (κ1) is 16.9. The molecule has 6 heteroatoms. The third kappa shape index (κ3) is 5.46. The highest BCUT2D eigenvalue weighted by Gasteiger charge is 2.25. The molecule has 1 saturated heterocycles. The highest BCUT2D eigenvalue weighted by molar-refractivity contribution is 5.87. The lowest BCUT2D eigenvalue weighted by Crippen LogP contribution is -2.47. The molecule has 0 radical (unpaired) electrons. The number of carbonyl (C=O) groups excluding carboxylic acids is 2. The van der Waals surface area contributed by atoms with Crippen LogP contribution in [0.25, 0.3) is 0 Å². The fraction of sp³-hybridized carbons (Fsp3) is 0.857. The van der Waals surface area contributed by atoms with Crippen LogP contribution in [0.5, 0.6) is 0 Å². The second-order valence-electron chi connectivity index (χ2n) is 6.11. The lowest BCUT2D eigenvalue weighted by Gasteiger charge is -2.32. The molecule has 1 aliphatic rings. The number of hydrogen-bond acceptors (Lipinski definition) is 4. The summed E-state index contributed by atoms with van der Waals surface area (Å²) in [5, 5.41) is 11.4. The van der Waals surface area contributed by atoms with E-state index in [0.29, 0.717) is 19.7 Å². The number of nitrogens with one attached hydrogen (secondary N) is 1. The monoisotopic (exact) mass is 286 g/mol. The average molecular weight is 286 g/mol. The molecule has 1 aliphatic heterocycles. The lowest BCUT2D eigenvalue weighted by molar-refractivity contribution is -0.137. The Balaban J connectivity index is 2.27. The van der Waals surface area contributed by atoms with E-state index in [1.807, 2.05) is 20.8 Å². The largest absolute Gasteiger partial charge is 0.394 e. The number of nitrogens with zero attached hydrogens (tertiary/aromatic N) is 1. The van der Waals surface area contributed by atoms with Crippen LogP contribution in [0.4, 0.5) is 0 Å². The Kier molecular flexibility index (Phi) is 6.42. The Morgan fingerprint density at radius 1 is 1.30 bits per heavy atom. The quantitative estimate of drug-likeness (QED) is 0.754. The highest BCUT2D eigenvalue weighted by atomic mass is 16.5. The molecule has 0 aromatic rings. The van der Waals surface area contributed by atoms with Crippen LogP contribution in [0, 0.1) is 5.41 Å².